The third-order valence-electron chi connectivity index (χ3n) is 4.76. The van der Waals surface area contributed by atoms with E-state index in [-0.39, 0.29) is 11.6 Å². The van der Waals surface area contributed by atoms with E-state index in [4.69, 9.17) is 16.3 Å². The summed E-state index contributed by atoms with van der Waals surface area (Å²) >= 11 is 6.03. The number of hydrogen-bond donors (Lipinski definition) is 1. The first-order valence-corrected chi connectivity index (χ1v) is 9.86. The van der Waals surface area contributed by atoms with Crippen LogP contribution in [0.3, 0.4) is 0 Å². The van der Waals surface area contributed by atoms with Crippen LogP contribution in [0.5, 0.6) is 0 Å². The van der Waals surface area contributed by atoms with Gasteiger partial charge in [0.2, 0.25) is 0 Å². The summed E-state index contributed by atoms with van der Waals surface area (Å²) in [5.74, 6) is -0.295. The average molecular weight is 412 g/mol. The highest BCUT2D eigenvalue weighted by molar-refractivity contribution is 6.30. The molecule has 1 aliphatic heterocycles. The van der Waals surface area contributed by atoms with Gasteiger partial charge in [-0.3, -0.25) is 9.69 Å². The molecule has 1 aromatic heterocycles. The lowest BCUT2D eigenvalue weighted by atomic mass is 10.2. The molecule has 0 unspecified atom stereocenters. The molecule has 2 heterocycles. The molecule has 4 rings (SSSR count). The number of nitrogens with zero attached hydrogens (tertiary/aromatic N) is 4. The molecule has 1 saturated heterocycles. The first-order chi connectivity index (χ1) is 14.1. The van der Waals surface area contributed by atoms with Crippen LogP contribution in [0.15, 0.2) is 48.5 Å². The van der Waals surface area contributed by atoms with Crippen LogP contribution in [0.1, 0.15) is 21.7 Å². The molecule has 1 fully saturated rings. The van der Waals surface area contributed by atoms with E-state index in [0.717, 1.165) is 38.5 Å². The maximum Gasteiger partial charge on any atom is 0.278 e. The van der Waals surface area contributed by atoms with E-state index >= 15 is 0 Å². The van der Waals surface area contributed by atoms with Crippen molar-refractivity contribution in [3.05, 3.63) is 70.5 Å². The standard InChI is InChI=1S/C21H22ClN5O2/c1-15-20(25-27(24-15)19-4-2-3-17(22)13-19)21(28)23-18-7-5-16(6-8-18)14-26-9-11-29-12-10-26/h2-8,13H,9-12,14H2,1H3,(H,23,28). The number of anilines is 1. The first kappa shape index (κ1) is 19.6. The quantitative estimate of drug-likeness (QED) is 0.697. The Morgan fingerprint density at radius 3 is 2.62 bits per heavy atom. The summed E-state index contributed by atoms with van der Waals surface area (Å²) in [6.07, 6.45) is 0. The summed E-state index contributed by atoms with van der Waals surface area (Å²) in [4.78, 5) is 16.4. The van der Waals surface area contributed by atoms with Crippen molar-refractivity contribution in [2.45, 2.75) is 13.5 Å². The minimum Gasteiger partial charge on any atom is -0.379 e. The van der Waals surface area contributed by atoms with Gasteiger partial charge in [-0.25, -0.2) is 0 Å². The molecule has 1 N–H and O–H groups in total. The largest absolute Gasteiger partial charge is 0.379 e. The smallest absolute Gasteiger partial charge is 0.278 e. The van der Waals surface area contributed by atoms with Crippen molar-refractivity contribution >= 4 is 23.2 Å². The number of nitrogens with one attached hydrogen (secondary N) is 1. The second-order valence-corrected chi connectivity index (χ2v) is 7.38. The van der Waals surface area contributed by atoms with Gasteiger partial charge in [-0.05, 0) is 42.8 Å². The van der Waals surface area contributed by atoms with Crippen molar-refractivity contribution in [1.82, 2.24) is 19.9 Å². The summed E-state index contributed by atoms with van der Waals surface area (Å²) < 4.78 is 5.38. The summed E-state index contributed by atoms with van der Waals surface area (Å²) in [7, 11) is 0. The van der Waals surface area contributed by atoms with Gasteiger partial charge in [-0.15, -0.1) is 5.10 Å². The monoisotopic (exact) mass is 411 g/mol. The Balaban J connectivity index is 1.42. The Kier molecular flexibility index (Phi) is 5.89. The number of hydrogen-bond acceptors (Lipinski definition) is 5. The molecule has 0 bridgehead atoms. The molecule has 0 aliphatic carbocycles. The number of halogens is 1. The Morgan fingerprint density at radius 2 is 1.90 bits per heavy atom. The van der Waals surface area contributed by atoms with E-state index in [1.165, 1.54) is 10.4 Å². The molecule has 2 aromatic carbocycles. The van der Waals surface area contributed by atoms with E-state index in [2.05, 4.69) is 20.4 Å². The van der Waals surface area contributed by atoms with Crippen molar-refractivity contribution in [1.29, 1.82) is 0 Å². The molecule has 0 radical (unpaired) electrons. The zero-order valence-corrected chi connectivity index (χ0v) is 16.9. The number of carbonyl (C=O) groups excluding carboxylic acids is 1. The number of morpholine rings is 1. The van der Waals surface area contributed by atoms with Crippen molar-refractivity contribution in [3.63, 3.8) is 0 Å². The van der Waals surface area contributed by atoms with Crippen LogP contribution < -0.4 is 5.32 Å². The van der Waals surface area contributed by atoms with Gasteiger partial charge in [0.1, 0.15) is 0 Å². The lowest BCUT2D eigenvalue weighted by Gasteiger charge is -2.26. The number of carbonyl (C=O) groups is 1. The Bertz CT molecular complexity index is 997. The van der Waals surface area contributed by atoms with E-state index in [0.29, 0.717) is 16.4 Å². The highest BCUT2D eigenvalue weighted by Crippen LogP contribution is 2.16. The molecule has 0 atom stereocenters. The number of amides is 1. The van der Waals surface area contributed by atoms with Gasteiger partial charge >= 0.3 is 0 Å². The van der Waals surface area contributed by atoms with E-state index in [9.17, 15) is 4.79 Å². The van der Waals surface area contributed by atoms with Crippen LogP contribution in [0.2, 0.25) is 5.02 Å². The number of rotatable bonds is 5. The maximum absolute atomic E-state index is 12.7. The third kappa shape index (κ3) is 4.82. The minimum absolute atomic E-state index is 0.280. The summed E-state index contributed by atoms with van der Waals surface area (Å²) in [6.45, 7) is 6.09. The SMILES string of the molecule is Cc1nn(-c2cccc(Cl)c2)nc1C(=O)Nc1ccc(CN2CCOCC2)cc1. The second kappa shape index (κ2) is 8.73. The van der Waals surface area contributed by atoms with Crippen LogP contribution in [0.25, 0.3) is 5.69 Å². The molecular formula is C21H22ClN5O2. The minimum atomic E-state index is -0.295. The van der Waals surface area contributed by atoms with Crippen LogP contribution in [0.4, 0.5) is 5.69 Å². The van der Waals surface area contributed by atoms with Crippen molar-refractivity contribution in [2.24, 2.45) is 0 Å². The molecule has 150 valence electrons. The van der Waals surface area contributed by atoms with Gasteiger partial charge in [0.15, 0.2) is 5.69 Å². The highest BCUT2D eigenvalue weighted by Gasteiger charge is 2.17. The summed E-state index contributed by atoms with van der Waals surface area (Å²) in [5.41, 5.74) is 3.45. The first-order valence-electron chi connectivity index (χ1n) is 9.49. The van der Waals surface area contributed by atoms with E-state index in [1.807, 2.05) is 36.4 Å². The summed E-state index contributed by atoms with van der Waals surface area (Å²) in [5, 5.41) is 12.1. The average Bonchev–Trinajstić information content (AvgIpc) is 3.12. The number of ether oxygens (including phenoxy) is 1. The van der Waals surface area contributed by atoms with E-state index < -0.39 is 0 Å². The molecule has 29 heavy (non-hydrogen) atoms. The molecule has 1 amide bonds. The lowest BCUT2D eigenvalue weighted by Crippen LogP contribution is -2.35. The van der Waals surface area contributed by atoms with Crippen molar-refractivity contribution in [3.8, 4) is 5.69 Å². The van der Waals surface area contributed by atoms with Crippen molar-refractivity contribution < 1.29 is 9.53 Å². The fourth-order valence-electron chi connectivity index (χ4n) is 3.21. The summed E-state index contributed by atoms with van der Waals surface area (Å²) in [6, 6.07) is 15.0. The molecule has 3 aromatic rings. The number of aromatic nitrogens is 3. The molecular weight excluding hydrogens is 390 g/mol. The molecule has 1 aliphatic rings. The van der Waals surface area contributed by atoms with Gasteiger partial charge in [-0.1, -0.05) is 29.8 Å². The van der Waals surface area contributed by atoms with Crippen LogP contribution in [0, 0.1) is 6.92 Å². The maximum atomic E-state index is 12.7. The zero-order valence-electron chi connectivity index (χ0n) is 16.1. The Labute approximate surface area is 174 Å². The van der Waals surface area contributed by atoms with Gasteiger partial charge in [-0.2, -0.15) is 9.90 Å². The second-order valence-electron chi connectivity index (χ2n) is 6.94. The Morgan fingerprint density at radius 1 is 1.14 bits per heavy atom. The predicted octanol–water partition coefficient (Wildman–Crippen LogP) is 3.31. The van der Waals surface area contributed by atoms with Gasteiger partial charge in [0.05, 0.1) is 24.6 Å². The fourth-order valence-corrected chi connectivity index (χ4v) is 3.39. The number of aryl methyl sites for hydroxylation is 1. The third-order valence-corrected chi connectivity index (χ3v) is 4.99. The van der Waals surface area contributed by atoms with Crippen LogP contribution >= 0.6 is 11.6 Å². The van der Waals surface area contributed by atoms with Crippen molar-refractivity contribution in [2.75, 3.05) is 31.6 Å². The molecule has 7 nitrogen and oxygen atoms in total. The molecule has 8 heteroatoms. The lowest BCUT2D eigenvalue weighted by molar-refractivity contribution is 0.0342. The highest BCUT2D eigenvalue weighted by atomic mass is 35.5. The topological polar surface area (TPSA) is 72.3 Å². The van der Waals surface area contributed by atoms with Gasteiger partial charge in [0, 0.05) is 30.3 Å². The van der Waals surface area contributed by atoms with Gasteiger partial charge in [0.25, 0.3) is 5.91 Å². The fraction of sp³-hybridized carbons (Fsp3) is 0.286. The normalized spacial score (nSPS) is 14.7. The zero-order chi connectivity index (χ0) is 20.2. The molecule has 0 saturated carbocycles. The van der Waals surface area contributed by atoms with Gasteiger partial charge < -0.3 is 10.1 Å². The van der Waals surface area contributed by atoms with Crippen LogP contribution in [-0.2, 0) is 11.3 Å². The number of benzene rings is 2. The Hall–Kier alpha value is -2.74. The van der Waals surface area contributed by atoms with E-state index in [1.54, 1.807) is 19.1 Å². The predicted molar refractivity (Wildman–Crippen MR) is 112 cm³/mol. The van der Waals surface area contributed by atoms with Crippen LogP contribution in [-0.4, -0.2) is 52.1 Å². The molecule has 0 spiro atoms.